The molecule has 1 aromatic rings. The van der Waals surface area contributed by atoms with Crippen LogP contribution in [0.15, 0.2) is 15.8 Å². The number of hydrogen-bond donors (Lipinski definition) is 3. The van der Waals surface area contributed by atoms with E-state index in [0.29, 0.717) is 12.0 Å². The molecule has 7 heteroatoms. The van der Waals surface area contributed by atoms with Gasteiger partial charge in [-0.3, -0.25) is 14.3 Å². The fraction of sp³-hybridized carbons (Fsp3) is 0.600. The number of hydrogen-bond acceptors (Lipinski definition) is 5. The highest BCUT2D eigenvalue weighted by atomic mass is 32.1. The molecule has 1 aliphatic rings. The molecule has 1 aliphatic heterocycles. The SMILES string of the molecule is Cc1cn([C@H]2CC(S)[C@@H](CO)O2)c(=O)[nH]c1=O. The molecule has 2 N–H and O–H groups in total. The molecule has 2 rings (SSSR count). The van der Waals surface area contributed by atoms with E-state index in [1.165, 1.54) is 10.8 Å². The fourth-order valence-electron chi connectivity index (χ4n) is 1.85. The van der Waals surface area contributed by atoms with E-state index in [1.54, 1.807) is 6.92 Å². The summed E-state index contributed by atoms with van der Waals surface area (Å²) in [6, 6.07) is 0. The van der Waals surface area contributed by atoms with Gasteiger partial charge in [0.15, 0.2) is 0 Å². The molecule has 0 bridgehead atoms. The molecule has 0 spiro atoms. The van der Waals surface area contributed by atoms with Crippen LogP contribution in [0.3, 0.4) is 0 Å². The molecule has 0 aromatic carbocycles. The molecular weight excluding hydrogens is 244 g/mol. The number of rotatable bonds is 2. The number of aliphatic hydroxyl groups excluding tert-OH is 1. The maximum atomic E-state index is 11.6. The molecule has 0 radical (unpaired) electrons. The van der Waals surface area contributed by atoms with Crippen LogP contribution in [0.5, 0.6) is 0 Å². The molecule has 0 saturated carbocycles. The van der Waals surface area contributed by atoms with Gasteiger partial charge in [-0.25, -0.2) is 4.79 Å². The first kappa shape index (κ1) is 12.4. The van der Waals surface area contributed by atoms with Gasteiger partial charge in [-0.15, -0.1) is 0 Å². The highest BCUT2D eigenvalue weighted by molar-refractivity contribution is 7.81. The molecule has 17 heavy (non-hydrogen) atoms. The average Bonchev–Trinajstić information content (AvgIpc) is 2.65. The van der Waals surface area contributed by atoms with Crippen molar-refractivity contribution in [3.05, 3.63) is 32.6 Å². The quantitative estimate of drug-likeness (QED) is 0.620. The van der Waals surface area contributed by atoms with E-state index in [1.807, 2.05) is 0 Å². The molecule has 6 nitrogen and oxygen atoms in total. The Bertz CT molecular complexity index is 524. The number of aromatic amines is 1. The maximum Gasteiger partial charge on any atom is 0.330 e. The monoisotopic (exact) mass is 258 g/mol. The van der Waals surface area contributed by atoms with Crippen molar-refractivity contribution in [3.63, 3.8) is 0 Å². The Morgan fingerprint density at radius 2 is 2.35 bits per heavy atom. The van der Waals surface area contributed by atoms with Crippen LogP contribution in [-0.4, -0.2) is 32.6 Å². The van der Waals surface area contributed by atoms with Crippen molar-refractivity contribution in [2.75, 3.05) is 6.61 Å². The van der Waals surface area contributed by atoms with Crippen molar-refractivity contribution >= 4 is 12.6 Å². The zero-order valence-electron chi connectivity index (χ0n) is 9.29. The topological polar surface area (TPSA) is 84.3 Å². The fourth-order valence-corrected chi connectivity index (χ4v) is 2.20. The standard InChI is InChI=1S/C10H14N2O4S/c1-5-3-12(10(15)11-9(5)14)8-2-7(17)6(4-13)16-8/h3,6-8,13,17H,2,4H2,1H3,(H,11,14,15)/t6-,7?,8-/m1/s1. The molecular formula is C10H14N2O4S. The molecule has 94 valence electrons. The predicted molar refractivity (Wildman–Crippen MR) is 64.4 cm³/mol. The second-order valence-electron chi connectivity index (χ2n) is 4.09. The van der Waals surface area contributed by atoms with Gasteiger partial charge in [-0.2, -0.15) is 12.6 Å². The Hall–Kier alpha value is -1.05. The molecule has 1 unspecified atom stereocenters. The second-order valence-corrected chi connectivity index (χ2v) is 4.76. The summed E-state index contributed by atoms with van der Waals surface area (Å²) in [4.78, 5) is 25.1. The number of nitrogens with zero attached hydrogens (tertiary/aromatic N) is 1. The first-order valence-corrected chi connectivity index (χ1v) is 5.81. The predicted octanol–water partition coefficient (Wildman–Crippen LogP) is -0.577. The van der Waals surface area contributed by atoms with E-state index in [9.17, 15) is 9.59 Å². The normalized spacial score (nSPS) is 28.5. The molecule has 1 aromatic heterocycles. The Morgan fingerprint density at radius 3 is 2.94 bits per heavy atom. The minimum atomic E-state index is -0.510. The van der Waals surface area contributed by atoms with Gasteiger partial charge in [-0.05, 0) is 6.92 Å². The van der Waals surface area contributed by atoms with Gasteiger partial charge in [0.05, 0.1) is 12.7 Å². The van der Waals surface area contributed by atoms with E-state index in [2.05, 4.69) is 17.6 Å². The largest absolute Gasteiger partial charge is 0.394 e. The van der Waals surface area contributed by atoms with Crippen molar-refractivity contribution in [3.8, 4) is 0 Å². The van der Waals surface area contributed by atoms with Crippen molar-refractivity contribution in [1.29, 1.82) is 0 Å². The molecule has 0 amide bonds. The lowest BCUT2D eigenvalue weighted by molar-refractivity contribution is -0.0237. The van der Waals surface area contributed by atoms with Gasteiger partial charge in [-0.1, -0.05) is 0 Å². The van der Waals surface area contributed by atoms with Gasteiger partial charge in [0.1, 0.15) is 6.23 Å². The summed E-state index contributed by atoms with van der Waals surface area (Å²) in [5.74, 6) is 0. The first-order chi connectivity index (χ1) is 8.02. The minimum absolute atomic E-state index is 0.121. The third-order valence-corrected chi connectivity index (χ3v) is 3.38. The summed E-state index contributed by atoms with van der Waals surface area (Å²) < 4.78 is 6.83. The minimum Gasteiger partial charge on any atom is -0.394 e. The summed E-state index contributed by atoms with van der Waals surface area (Å²) in [6.45, 7) is 1.48. The lowest BCUT2D eigenvalue weighted by Gasteiger charge is -2.14. The average molecular weight is 258 g/mol. The number of H-pyrrole nitrogens is 1. The lowest BCUT2D eigenvalue weighted by atomic mass is 10.2. The highest BCUT2D eigenvalue weighted by Gasteiger charge is 2.34. The Labute approximate surface area is 103 Å². The smallest absolute Gasteiger partial charge is 0.330 e. The summed E-state index contributed by atoms with van der Waals surface area (Å²) >= 11 is 4.29. The molecule has 0 aliphatic carbocycles. The van der Waals surface area contributed by atoms with Crippen LogP contribution in [0.4, 0.5) is 0 Å². The van der Waals surface area contributed by atoms with Gasteiger partial charge < -0.3 is 9.84 Å². The third kappa shape index (κ3) is 2.31. The Morgan fingerprint density at radius 1 is 1.65 bits per heavy atom. The number of nitrogens with one attached hydrogen (secondary N) is 1. The van der Waals surface area contributed by atoms with Crippen LogP contribution >= 0.6 is 12.6 Å². The number of thiol groups is 1. The van der Waals surface area contributed by atoms with Crippen molar-refractivity contribution < 1.29 is 9.84 Å². The van der Waals surface area contributed by atoms with Gasteiger partial charge in [0.25, 0.3) is 5.56 Å². The van der Waals surface area contributed by atoms with Crippen LogP contribution in [0.25, 0.3) is 0 Å². The van der Waals surface area contributed by atoms with Crippen LogP contribution in [0, 0.1) is 6.92 Å². The number of aryl methyl sites for hydroxylation is 1. The molecule has 2 heterocycles. The van der Waals surface area contributed by atoms with E-state index in [0.717, 1.165) is 0 Å². The van der Waals surface area contributed by atoms with Crippen LogP contribution < -0.4 is 11.2 Å². The number of aliphatic hydroxyl groups is 1. The van der Waals surface area contributed by atoms with E-state index < -0.39 is 17.5 Å². The first-order valence-electron chi connectivity index (χ1n) is 5.29. The molecule has 3 atom stereocenters. The third-order valence-electron chi connectivity index (χ3n) is 2.84. The number of aromatic nitrogens is 2. The van der Waals surface area contributed by atoms with Gasteiger partial charge in [0, 0.05) is 23.4 Å². The maximum absolute atomic E-state index is 11.6. The van der Waals surface area contributed by atoms with Crippen molar-refractivity contribution in [1.82, 2.24) is 9.55 Å². The van der Waals surface area contributed by atoms with Crippen molar-refractivity contribution in [2.45, 2.75) is 30.9 Å². The molecule has 1 fully saturated rings. The van der Waals surface area contributed by atoms with Crippen LogP contribution in [0.1, 0.15) is 18.2 Å². The second kappa shape index (κ2) is 4.67. The molecule has 1 saturated heterocycles. The van der Waals surface area contributed by atoms with Crippen molar-refractivity contribution in [2.24, 2.45) is 0 Å². The highest BCUT2D eigenvalue weighted by Crippen LogP contribution is 2.30. The Balaban J connectivity index is 2.34. The summed E-state index contributed by atoms with van der Waals surface area (Å²) in [6.07, 6.45) is 1.10. The zero-order chi connectivity index (χ0) is 12.6. The zero-order valence-corrected chi connectivity index (χ0v) is 10.2. The van der Waals surface area contributed by atoms with Crippen LogP contribution in [0.2, 0.25) is 0 Å². The lowest BCUT2D eigenvalue weighted by Crippen LogP contribution is -2.33. The van der Waals surface area contributed by atoms with E-state index >= 15 is 0 Å². The van der Waals surface area contributed by atoms with Crippen LogP contribution in [-0.2, 0) is 4.74 Å². The Kier molecular flexibility index (Phi) is 3.41. The van der Waals surface area contributed by atoms with E-state index in [4.69, 9.17) is 9.84 Å². The van der Waals surface area contributed by atoms with Gasteiger partial charge >= 0.3 is 5.69 Å². The van der Waals surface area contributed by atoms with E-state index in [-0.39, 0.29) is 18.0 Å². The summed E-state index contributed by atoms with van der Waals surface area (Å²) in [5, 5.41) is 8.93. The number of ether oxygens (including phenoxy) is 1. The summed E-state index contributed by atoms with van der Waals surface area (Å²) in [7, 11) is 0. The summed E-state index contributed by atoms with van der Waals surface area (Å²) in [5.41, 5.74) is -0.466. The van der Waals surface area contributed by atoms with Gasteiger partial charge in [0.2, 0.25) is 0 Å².